The number of ether oxygens (including phenoxy) is 2. The molecule has 0 saturated carbocycles. The molecule has 0 radical (unpaired) electrons. The molecular weight excluding hydrogens is 1400 g/mol. The summed E-state index contributed by atoms with van der Waals surface area (Å²) in [5.74, 6) is -10.5. The van der Waals surface area contributed by atoms with Crippen LogP contribution in [0.3, 0.4) is 0 Å². The number of unbranched alkanes of at least 4 members (excludes halogenated alkanes) is 1. The number of aliphatic hydroxyl groups excluding tert-OH is 1. The molecule has 6 N–H and O–H groups in total. The van der Waals surface area contributed by atoms with E-state index in [1.165, 1.54) is 87.9 Å². The summed E-state index contributed by atoms with van der Waals surface area (Å²) in [5.41, 5.74) is 0.581. The first-order valence-electron chi connectivity index (χ1n) is 38.7. The maximum Gasteiger partial charge on any atom is 0.254 e. The average Bonchev–Trinajstić information content (AvgIpc) is 0.853. The summed E-state index contributed by atoms with van der Waals surface area (Å²) in [6.45, 7) is 22.0. The van der Waals surface area contributed by atoms with Crippen molar-refractivity contribution in [3.63, 3.8) is 0 Å². The van der Waals surface area contributed by atoms with Crippen molar-refractivity contribution in [3.8, 4) is 5.75 Å². The second-order valence-electron chi connectivity index (χ2n) is 31.8. The average molecular weight is 1530 g/mol. The van der Waals surface area contributed by atoms with Gasteiger partial charge in [-0.1, -0.05) is 112 Å². The van der Waals surface area contributed by atoms with Crippen molar-refractivity contribution < 1.29 is 76.9 Å². The van der Waals surface area contributed by atoms with Gasteiger partial charge in [0.1, 0.15) is 60.1 Å². The van der Waals surface area contributed by atoms with Crippen LogP contribution >= 0.6 is 0 Å². The van der Waals surface area contributed by atoms with E-state index in [9.17, 15) is 29.1 Å². The maximum absolute atomic E-state index is 15.6. The highest BCUT2D eigenvalue weighted by atomic mass is 16.5. The Morgan fingerprint density at radius 1 is 0.587 bits per heavy atom. The van der Waals surface area contributed by atoms with E-state index in [1.807, 2.05) is 55.4 Å². The van der Waals surface area contributed by atoms with Crippen LogP contribution in [0.4, 0.5) is 0 Å². The number of piperidine rings is 1. The van der Waals surface area contributed by atoms with Crippen molar-refractivity contribution in [3.05, 3.63) is 65.2 Å². The van der Waals surface area contributed by atoms with E-state index < -0.39 is 175 Å². The third kappa shape index (κ3) is 27.4. The number of carbonyl (C=O) groups excluding carboxylic acids is 13. The Labute approximate surface area is 646 Å². The molecule has 13 amide bonds. The Bertz CT molecular complexity index is 3410. The molecule has 2 aliphatic heterocycles. The molecule has 109 heavy (non-hydrogen) atoms. The topological polar surface area (TPSA) is 347 Å². The van der Waals surface area contributed by atoms with Crippen LogP contribution < -0.4 is 31.3 Å². The molecule has 610 valence electrons. The molecule has 29 nitrogen and oxygen atoms in total. The molecule has 2 saturated heterocycles. The quantitative estimate of drug-likeness (QED) is 0.0963. The molecule has 2 fully saturated rings. The van der Waals surface area contributed by atoms with E-state index >= 15 is 38.4 Å². The van der Waals surface area contributed by atoms with Crippen LogP contribution in [-0.2, 0) is 75.1 Å². The van der Waals surface area contributed by atoms with Crippen LogP contribution in [0.2, 0.25) is 0 Å². The second-order valence-corrected chi connectivity index (χ2v) is 31.8. The highest BCUT2D eigenvalue weighted by Crippen LogP contribution is 2.26. The third-order valence-electron chi connectivity index (χ3n) is 20.5. The number of benzene rings is 2. The minimum Gasteiger partial charge on any atom is -0.496 e. The van der Waals surface area contributed by atoms with Gasteiger partial charge in [0.05, 0.1) is 50.5 Å². The number of hydrogen-bond donors (Lipinski definition) is 6. The predicted molar refractivity (Wildman–Crippen MR) is 415 cm³/mol. The van der Waals surface area contributed by atoms with Crippen molar-refractivity contribution in [1.82, 2.24) is 65.8 Å². The summed E-state index contributed by atoms with van der Waals surface area (Å²) in [7, 11) is 11.1. The summed E-state index contributed by atoms with van der Waals surface area (Å²) in [4.78, 5) is 205. The maximum atomic E-state index is 15.6. The number of aryl methyl sites for hydroxylation is 1. The first-order chi connectivity index (χ1) is 51.1. The van der Waals surface area contributed by atoms with E-state index in [4.69, 9.17) is 9.47 Å². The molecular formula is C80H129N13O16. The van der Waals surface area contributed by atoms with E-state index in [2.05, 4.69) is 26.6 Å². The number of nitrogens with one attached hydrogen (secondary N) is 5. The molecule has 0 aliphatic carbocycles. The lowest BCUT2D eigenvalue weighted by Gasteiger charge is -2.37. The van der Waals surface area contributed by atoms with Crippen LogP contribution in [0.5, 0.6) is 5.75 Å². The van der Waals surface area contributed by atoms with E-state index in [0.717, 1.165) is 16.2 Å². The van der Waals surface area contributed by atoms with Crippen LogP contribution in [0, 0.1) is 23.7 Å². The summed E-state index contributed by atoms with van der Waals surface area (Å²) >= 11 is 0. The van der Waals surface area contributed by atoms with Crippen LogP contribution in [0.1, 0.15) is 182 Å². The lowest BCUT2D eigenvalue weighted by atomic mass is 9.94. The third-order valence-corrected chi connectivity index (χ3v) is 20.5. The number of likely N-dealkylation sites (tertiary alicyclic amines) is 1. The first-order valence-corrected chi connectivity index (χ1v) is 38.7. The van der Waals surface area contributed by atoms with Gasteiger partial charge in [0.25, 0.3) is 5.91 Å². The fraction of sp³-hybridized carbons (Fsp3) is 0.688. The number of nitrogens with zero attached hydrogens (tertiary/aromatic N) is 8. The van der Waals surface area contributed by atoms with Crippen molar-refractivity contribution >= 4 is 76.8 Å². The fourth-order valence-electron chi connectivity index (χ4n) is 13.4. The number of amides is 13. The van der Waals surface area contributed by atoms with Crippen LogP contribution in [0.25, 0.3) is 0 Å². The van der Waals surface area contributed by atoms with E-state index in [-0.39, 0.29) is 74.1 Å². The molecule has 4 rings (SSSR count). The predicted octanol–water partition coefficient (Wildman–Crippen LogP) is 4.19. The Morgan fingerprint density at radius 2 is 1.10 bits per heavy atom. The Hall–Kier alpha value is -8.73. The molecule has 2 aliphatic rings. The Balaban J connectivity index is 2.04. The van der Waals surface area contributed by atoms with Gasteiger partial charge >= 0.3 is 0 Å². The number of carbonyl (C=O) groups is 13. The summed E-state index contributed by atoms with van der Waals surface area (Å²) in [5, 5.41) is 25.3. The minimum atomic E-state index is -1.71. The highest BCUT2D eigenvalue weighted by molar-refractivity contribution is 6.00. The van der Waals surface area contributed by atoms with Crippen molar-refractivity contribution in [2.24, 2.45) is 23.7 Å². The van der Waals surface area contributed by atoms with Gasteiger partial charge in [-0.3, -0.25) is 62.3 Å². The largest absolute Gasteiger partial charge is 0.496 e. The summed E-state index contributed by atoms with van der Waals surface area (Å²) in [6.07, 6.45) is 1.34. The molecule has 2 aromatic carbocycles. The smallest absolute Gasteiger partial charge is 0.254 e. The van der Waals surface area contributed by atoms with E-state index in [0.29, 0.717) is 56.3 Å². The van der Waals surface area contributed by atoms with Crippen molar-refractivity contribution in [1.29, 1.82) is 0 Å². The molecule has 0 bridgehead atoms. The van der Waals surface area contributed by atoms with Gasteiger partial charge < -0.3 is 80.4 Å². The lowest BCUT2D eigenvalue weighted by Crippen LogP contribution is -2.62. The molecule has 0 spiro atoms. The zero-order valence-electron chi connectivity index (χ0n) is 68.8. The van der Waals surface area contributed by atoms with Crippen molar-refractivity contribution in [2.75, 3.05) is 95.8 Å². The fourth-order valence-corrected chi connectivity index (χ4v) is 13.4. The monoisotopic (exact) mass is 1530 g/mol. The number of methoxy groups -OCH3 is 1. The van der Waals surface area contributed by atoms with Gasteiger partial charge in [0, 0.05) is 75.4 Å². The minimum absolute atomic E-state index is 0.0210. The molecule has 2 aromatic rings. The second kappa shape index (κ2) is 43.6. The first kappa shape index (κ1) is 92.7. The summed E-state index contributed by atoms with van der Waals surface area (Å²) in [6, 6.07) is 1.01. The van der Waals surface area contributed by atoms with E-state index in [1.54, 1.807) is 81.1 Å². The number of likely N-dealkylation sites (N-methyl/N-ethyl adjacent to an activating group) is 6. The van der Waals surface area contributed by atoms with Gasteiger partial charge in [-0.05, 0) is 132 Å². The highest BCUT2D eigenvalue weighted by Gasteiger charge is 2.44. The SMILES string of the molecule is CCCCN1CC(=O)N(C)[C@@H](Cc2ccccc2)C(=O)N[C@@H]([C@@H](C)CC)C(=O)N(C)[C@@H](CC(C)C)C(=O)N[C@@H]([C@@H](C)O)C(=O)N(C)CC(=O)N(C)[C@@H](CCc2ccc(C(=O)NC)c(OC)c2)C(=O)N(C)C(CC(C)C)C(=O)N[C@@H](COC(C)(C)C)C(=O)N(C)[C@@H](CC(C)C)C(=O)N[C@H](C(=O)N2CCCCC2)CC1=O. The number of hydrogen-bond acceptors (Lipinski definition) is 16. The lowest BCUT2D eigenvalue weighted by molar-refractivity contribution is -0.151. The van der Waals surface area contributed by atoms with Gasteiger partial charge in [-0.15, -0.1) is 0 Å². The Morgan fingerprint density at radius 3 is 1.62 bits per heavy atom. The molecule has 2 heterocycles. The molecule has 0 aromatic heterocycles. The molecule has 1 unspecified atom stereocenters. The van der Waals surface area contributed by atoms with Crippen LogP contribution in [0.15, 0.2) is 48.5 Å². The number of aliphatic hydroxyl groups is 1. The number of rotatable bonds is 22. The zero-order valence-corrected chi connectivity index (χ0v) is 68.8. The molecule has 11 atom stereocenters. The van der Waals surface area contributed by atoms with Gasteiger partial charge in [0.15, 0.2) is 0 Å². The standard InChI is InChI=1S/C80H129N13O16/c1-22-24-37-93-47-67(97)88(17)63(43-54-31-27-25-28-32-54)74(102)84-68(52(9)23-2)79(107)91(20)62(42-51(7)8)73(101)85-69(53(10)94)78(106)86(15)46-66(96)87(16)59(36-34-55-33-35-56(70(98)81-14)64(44-55)108-21)77(105)90(19)61(41-50(5)6)72(100)83-58(48-109-80(11,12)13)75(103)89(18)60(40-49(3)4)71(99)82-57(45-65(93)95)76(104)92-38-29-26-30-39-92/h25,27-28,31-33,35,44,49-53,57-63,68-69,94H,22-24,26,29-30,34,36-43,45-48H2,1-21H3,(H,81,98)(H,82,99)(H,83,100)(H,84,102)(H,85,101)/t52-,53+,57-,58-,59-,60-,61?,62-,63-,68-,69-/m0/s1. The van der Waals surface area contributed by atoms with Gasteiger partial charge in [-0.25, -0.2) is 0 Å². The Kier molecular flexibility index (Phi) is 37.1. The van der Waals surface area contributed by atoms with Crippen molar-refractivity contribution in [2.45, 2.75) is 240 Å². The van der Waals surface area contributed by atoms with Gasteiger partial charge in [0.2, 0.25) is 70.9 Å². The zero-order chi connectivity index (χ0) is 82.1. The normalized spacial score (nSPS) is 23.6. The summed E-state index contributed by atoms with van der Waals surface area (Å²) < 4.78 is 11.8. The van der Waals surface area contributed by atoms with Crippen LogP contribution in [-0.4, -0.2) is 283 Å². The molecule has 29 heteroatoms. The van der Waals surface area contributed by atoms with Gasteiger partial charge in [-0.2, -0.15) is 0 Å².